The maximum absolute atomic E-state index is 12.2. The largest absolute Gasteiger partial charge is 0.483 e. The van der Waals surface area contributed by atoms with E-state index in [1.165, 1.54) is 5.56 Å². The number of likely N-dealkylation sites (tertiary alicyclic amines) is 1. The van der Waals surface area contributed by atoms with Crippen molar-refractivity contribution in [2.75, 3.05) is 19.7 Å². The molecule has 1 saturated heterocycles. The molecule has 0 aromatic heterocycles. The molecule has 2 aromatic carbocycles. The number of halogens is 1. The van der Waals surface area contributed by atoms with Crippen LogP contribution in [0.1, 0.15) is 28.8 Å². The van der Waals surface area contributed by atoms with Crippen molar-refractivity contribution in [3.8, 4) is 5.75 Å². The number of nitrogens with zero attached hydrogens (tertiary/aromatic N) is 1. The fourth-order valence-corrected chi connectivity index (χ4v) is 3.42. The van der Waals surface area contributed by atoms with Gasteiger partial charge in [-0.1, -0.05) is 35.9 Å². The van der Waals surface area contributed by atoms with Crippen LogP contribution in [0.4, 0.5) is 0 Å². The number of piperidine rings is 1. The quantitative estimate of drug-likeness (QED) is 0.746. The smallest absolute Gasteiger partial charge is 0.258 e. The van der Waals surface area contributed by atoms with Crippen molar-refractivity contribution in [1.82, 2.24) is 10.2 Å². The van der Waals surface area contributed by atoms with Gasteiger partial charge in [-0.25, -0.2) is 0 Å². The summed E-state index contributed by atoms with van der Waals surface area (Å²) in [5.74, 6) is -0.456. The standard InChI is InChI=1S/C21H24ClN3O3/c22-16-7-5-15(6-8-16)13-25-11-9-17(10-12-25)24-20(26)14-28-19-4-2-1-3-18(19)21(23)27/h1-8,17H,9-14H2,(H2,23,27)(H,24,26). The lowest BCUT2D eigenvalue weighted by Gasteiger charge is -2.32. The van der Waals surface area contributed by atoms with Gasteiger partial charge in [0.2, 0.25) is 0 Å². The van der Waals surface area contributed by atoms with Crippen molar-refractivity contribution in [1.29, 1.82) is 0 Å². The van der Waals surface area contributed by atoms with Gasteiger partial charge in [-0.05, 0) is 42.7 Å². The van der Waals surface area contributed by atoms with Crippen LogP contribution >= 0.6 is 11.6 Å². The zero-order valence-electron chi connectivity index (χ0n) is 15.6. The first-order valence-corrected chi connectivity index (χ1v) is 9.67. The fourth-order valence-electron chi connectivity index (χ4n) is 3.29. The number of amides is 2. The van der Waals surface area contributed by atoms with Gasteiger partial charge in [0.25, 0.3) is 11.8 Å². The van der Waals surface area contributed by atoms with Crippen LogP contribution in [0.15, 0.2) is 48.5 Å². The molecular formula is C21H24ClN3O3. The predicted octanol–water partition coefficient (Wildman–Crippen LogP) is 2.60. The summed E-state index contributed by atoms with van der Waals surface area (Å²) in [6.45, 7) is 2.57. The van der Waals surface area contributed by atoms with E-state index in [2.05, 4.69) is 10.2 Å². The number of hydrogen-bond acceptors (Lipinski definition) is 4. The first kappa shape index (κ1) is 20.2. The third kappa shape index (κ3) is 5.71. The Morgan fingerprint density at radius 3 is 2.46 bits per heavy atom. The van der Waals surface area contributed by atoms with E-state index in [0.717, 1.165) is 37.5 Å². The molecule has 0 unspecified atom stereocenters. The average molecular weight is 402 g/mol. The Morgan fingerprint density at radius 2 is 1.79 bits per heavy atom. The Bertz CT molecular complexity index is 818. The molecule has 0 bridgehead atoms. The number of nitrogens with two attached hydrogens (primary N) is 1. The molecule has 2 aromatic rings. The highest BCUT2D eigenvalue weighted by molar-refractivity contribution is 6.30. The minimum absolute atomic E-state index is 0.129. The molecule has 0 aliphatic carbocycles. The average Bonchev–Trinajstić information content (AvgIpc) is 2.70. The van der Waals surface area contributed by atoms with Crippen LogP contribution in [0, 0.1) is 0 Å². The molecule has 28 heavy (non-hydrogen) atoms. The Kier molecular flexibility index (Phi) is 6.90. The number of carbonyl (C=O) groups excluding carboxylic acids is 2. The molecule has 0 radical (unpaired) electrons. The van der Waals surface area contributed by atoms with Crippen LogP contribution in [-0.4, -0.2) is 42.5 Å². The lowest BCUT2D eigenvalue weighted by Crippen LogP contribution is -2.45. The van der Waals surface area contributed by atoms with E-state index < -0.39 is 5.91 Å². The predicted molar refractivity (Wildman–Crippen MR) is 108 cm³/mol. The van der Waals surface area contributed by atoms with Gasteiger partial charge in [-0.3, -0.25) is 14.5 Å². The second-order valence-electron chi connectivity index (χ2n) is 6.89. The van der Waals surface area contributed by atoms with E-state index in [-0.39, 0.29) is 24.1 Å². The topological polar surface area (TPSA) is 84.7 Å². The Hall–Kier alpha value is -2.57. The lowest BCUT2D eigenvalue weighted by molar-refractivity contribution is -0.124. The van der Waals surface area contributed by atoms with E-state index in [1.807, 2.05) is 24.3 Å². The van der Waals surface area contributed by atoms with E-state index in [4.69, 9.17) is 22.1 Å². The molecule has 1 heterocycles. The SMILES string of the molecule is NC(=O)c1ccccc1OCC(=O)NC1CCN(Cc2ccc(Cl)cc2)CC1. The summed E-state index contributed by atoms with van der Waals surface area (Å²) in [5.41, 5.74) is 6.81. The fraction of sp³-hybridized carbons (Fsp3) is 0.333. The Balaban J connectivity index is 1.41. The number of para-hydroxylation sites is 1. The summed E-state index contributed by atoms with van der Waals surface area (Å²) in [7, 11) is 0. The lowest BCUT2D eigenvalue weighted by atomic mass is 10.0. The van der Waals surface area contributed by atoms with Crippen molar-refractivity contribution in [2.45, 2.75) is 25.4 Å². The summed E-state index contributed by atoms with van der Waals surface area (Å²) in [4.78, 5) is 26.0. The van der Waals surface area contributed by atoms with Crippen molar-refractivity contribution in [2.24, 2.45) is 5.73 Å². The molecule has 3 N–H and O–H groups in total. The molecule has 1 aliphatic rings. The van der Waals surface area contributed by atoms with Gasteiger partial charge in [0, 0.05) is 30.7 Å². The van der Waals surface area contributed by atoms with Gasteiger partial charge < -0.3 is 15.8 Å². The first-order valence-electron chi connectivity index (χ1n) is 9.29. The molecule has 0 atom stereocenters. The number of nitrogens with one attached hydrogen (secondary N) is 1. The third-order valence-electron chi connectivity index (χ3n) is 4.78. The molecule has 0 spiro atoms. The van der Waals surface area contributed by atoms with Gasteiger partial charge in [-0.2, -0.15) is 0 Å². The first-order chi connectivity index (χ1) is 13.5. The number of carbonyl (C=O) groups is 2. The van der Waals surface area contributed by atoms with Crippen molar-refractivity contribution < 1.29 is 14.3 Å². The van der Waals surface area contributed by atoms with E-state index in [1.54, 1.807) is 24.3 Å². The second-order valence-corrected chi connectivity index (χ2v) is 7.33. The van der Waals surface area contributed by atoms with Crippen molar-refractivity contribution in [3.05, 3.63) is 64.7 Å². The maximum Gasteiger partial charge on any atom is 0.258 e. The van der Waals surface area contributed by atoms with E-state index in [9.17, 15) is 9.59 Å². The number of benzene rings is 2. The monoisotopic (exact) mass is 401 g/mol. The molecule has 1 aliphatic heterocycles. The second kappa shape index (κ2) is 9.57. The molecule has 2 amide bonds. The zero-order chi connectivity index (χ0) is 19.9. The van der Waals surface area contributed by atoms with Crippen molar-refractivity contribution >= 4 is 23.4 Å². The van der Waals surface area contributed by atoms with Crippen LogP contribution < -0.4 is 15.8 Å². The highest BCUT2D eigenvalue weighted by atomic mass is 35.5. The zero-order valence-corrected chi connectivity index (χ0v) is 16.3. The summed E-state index contributed by atoms with van der Waals surface area (Å²) < 4.78 is 5.48. The molecule has 0 saturated carbocycles. The minimum atomic E-state index is -0.580. The van der Waals surface area contributed by atoms with Gasteiger partial charge in [0.15, 0.2) is 6.61 Å². The maximum atomic E-state index is 12.2. The number of rotatable bonds is 7. The summed E-state index contributed by atoms with van der Waals surface area (Å²) in [6, 6.07) is 14.6. The molecule has 7 heteroatoms. The Morgan fingerprint density at radius 1 is 1.11 bits per heavy atom. The molecule has 1 fully saturated rings. The summed E-state index contributed by atoms with van der Waals surface area (Å²) >= 11 is 5.92. The molecule has 148 valence electrons. The van der Waals surface area contributed by atoms with Crippen molar-refractivity contribution in [3.63, 3.8) is 0 Å². The van der Waals surface area contributed by atoms with E-state index in [0.29, 0.717) is 5.75 Å². The molecule has 6 nitrogen and oxygen atoms in total. The van der Waals surface area contributed by atoms with Crippen LogP contribution in [0.25, 0.3) is 0 Å². The normalized spacial score (nSPS) is 15.2. The summed E-state index contributed by atoms with van der Waals surface area (Å²) in [6.07, 6.45) is 1.77. The van der Waals surface area contributed by atoms with Crippen LogP contribution in [0.3, 0.4) is 0 Å². The highest BCUT2D eigenvalue weighted by Crippen LogP contribution is 2.18. The summed E-state index contributed by atoms with van der Waals surface area (Å²) in [5, 5.41) is 3.75. The van der Waals surface area contributed by atoms with Crippen LogP contribution in [-0.2, 0) is 11.3 Å². The van der Waals surface area contributed by atoms with Gasteiger partial charge in [0.1, 0.15) is 5.75 Å². The highest BCUT2D eigenvalue weighted by Gasteiger charge is 2.21. The van der Waals surface area contributed by atoms with Crippen LogP contribution in [0.2, 0.25) is 5.02 Å². The van der Waals surface area contributed by atoms with E-state index >= 15 is 0 Å². The third-order valence-corrected chi connectivity index (χ3v) is 5.04. The molecular weight excluding hydrogens is 378 g/mol. The van der Waals surface area contributed by atoms with Gasteiger partial charge in [-0.15, -0.1) is 0 Å². The van der Waals surface area contributed by atoms with Crippen LogP contribution in [0.5, 0.6) is 5.75 Å². The number of hydrogen-bond donors (Lipinski definition) is 2. The number of ether oxygens (including phenoxy) is 1. The molecule has 3 rings (SSSR count). The van der Waals surface area contributed by atoms with Gasteiger partial charge in [0.05, 0.1) is 5.56 Å². The number of primary amides is 1. The Labute approximate surface area is 169 Å². The minimum Gasteiger partial charge on any atom is -0.483 e. The van der Waals surface area contributed by atoms with Gasteiger partial charge >= 0.3 is 0 Å².